The predicted octanol–water partition coefficient (Wildman–Crippen LogP) is 9.38. The number of nitrogens with one attached hydrogen (secondary N) is 1. The number of imidazole rings is 1. The summed E-state index contributed by atoms with van der Waals surface area (Å²) in [6.07, 6.45) is 18.3. The Hall–Kier alpha value is -2.29. The van der Waals surface area contributed by atoms with Crippen molar-refractivity contribution < 1.29 is 4.42 Å². The first-order valence-electron chi connectivity index (χ1n) is 13.5. The van der Waals surface area contributed by atoms with E-state index >= 15 is 0 Å². The molecule has 0 aliphatic heterocycles. The van der Waals surface area contributed by atoms with E-state index in [-0.39, 0.29) is 0 Å². The molecule has 3 aromatic rings. The molecule has 0 unspecified atom stereocenters. The number of benzene rings is 1. The van der Waals surface area contributed by atoms with Crippen LogP contribution < -0.4 is 0 Å². The third-order valence-corrected chi connectivity index (χ3v) is 7.28. The largest absolute Gasteiger partial charge is 0.457 e. The summed E-state index contributed by atoms with van der Waals surface area (Å²) >= 11 is 0. The van der Waals surface area contributed by atoms with Crippen LogP contribution in [0.15, 0.2) is 40.8 Å². The van der Waals surface area contributed by atoms with Gasteiger partial charge in [0.25, 0.3) is 0 Å². The molecule has 1 fully saturated rings. The van der Waals surface area contributed by atoms with E-state index in [9.17, 15) is 0 Å². The van der Waals surface area contributed by atoms with E-state index in [4.69, 9.17) is 9.40 Å². The van der Waals surface area contributed by atoms with Gasteiger partial charge in [-0.05, 0) is 38.7 Å². The van der Waals surface area contributed by atoms with E-state index in [0.29, 0.717) is 5.92 Å². The second-order valence-electron chi connectivity index (χ2n) is 9.99. The lowest BCUT2D eigenvalue weighted by atomic mass is 9.92. The molecule has 4 rings (SSSR count). The van der Waals surface area contributed by atoms with Gasteiger partial charge in [0.05, 0.1) is 5.69 Å². The third-order valence-electron chi connectivity index (χ3n) is 7.28. The number of rotatable bonds is 7. The summed E-state index contributed by atoms with van der Waals surface area (Å²) in [7, 11) is 0. The maximum atomic E-state index is 6.68. The van der Waals surface area contributed by atoms with Gasteiger partial charge in [-0.2, -0.15) is 0 Å². The lowest BCUT2D eigenvalue weighted by Gasteiger charge is -2.13. The monoisotopic (exact) mass is 446 g/mol. The Labute approximate surface area is 200 Å². The smallest absolute Gasteiger partial charge is 0.174 e. The van der Waals surface area contributed by atoms with Crippen LogP contribution in [0.25, 0.3) is 22.8 Å². The van der Waals surface area contributed by atoms with E-state index in [2.05, 4.69) is 55.2 Å². The van der Waals surface area contributed by atoms with Crippen LogP contribution >= 0.6 is 0 Å². The van der Waals surface area contributed by atoms with Crippen molar-refractivity contribution in [3.05, 3.63) is 53.4 Å². The van der Waals surface area contributed by atoms with Crippen LogP contribution in [0.3, 0.4) is 0 Å². The zero-order chi connectivity index (χ0) is 22.9. The van der Waals surface area contributed by atoms with Crippen molar-refractivity contribution in [1.82, 2.24) is 9.97 Å². The highest BCUT2D eigenvalue weighted by Gasteiger charge is 2.23. The lowest BCUT2D eigenvalue weighted by molar-refractivity contribution is 0.416. The number of hydrogen-bond acceptors (Lipinski definition) is 2. The van der Waals surface area contributed by atoms with Crippen molar-refractivity contribution in [2.24, 2.45) is 0 Å². The first-order valence-corrected chi connectivity index (χ1v) is 13.5. The van der Waals surface area contributed by atoms with Gasteiger partial charge in [-0.3, -0.25) is 0 Å². The van der Waals surface area contributed by atoms with Crippen LogP contribution in [0, 0.1) is 6.92 Å². The van der Waals surface area contributed by atoms with Gasteiger partial charge in [-0.1, -0.05) is 101 Å². The van der Waals surface area contributed by atoms with Gasteiger partial charge >= 0.3 is 0 Å². The summed E-state index contributed by atoms with van der Waals surface area (Å²) in [6.45, 7) is 4.38. The number of nitrogens with zero attached hydrogens (tertiary/aromatic N) is 1. The average Bonchev–Trinajstić information content (AvgIpc) is 3.41. The fourth-order valence-corrected chi connectivity index (χ4v) is 5.32. The summed E-state index contributed by atoms with van der Waals surface area (Å²) in [4.78, 5) is 8.57. The number of furan rings is 1. The van der Waals surface area contributed by atoms with Gasteiger partial charge in [0, 0.05) is 22.7 Å². The average molecular weight is 447 g/mol. The normalized spacial score (nSPS) is 16.5. The van der Waals surface area contributed by atoms with E-state index in [1.54, 1.807) is 0 Å². The number of aromatic amines is 1. The van der Waals surface area contributed by atoms with Gasteiger partial charge in [0.1, 0.15) is 5.76 Å². The van der Waals surface area contributed by atoms with E-state index in [1.807, 2.05) is 0 Å². The summed E-state index contributed by atoms with van der Waals surface area (Å²) < 4.78 is 6.68. The van der Waals surface area contributed by atoms with E-state index < -0.39 is 0 Å². The molecule has 3 heteroatoms. The minimum Gasteiger partial charge on any atom is -0.457 e. The molecule has 1 saturated carbocycles. The zero-order valence-corrected chi connectivity index (χ0v) is 20.8. The Bertz CT molecular complexity index is 957. The molecule has 1 aliphatic carbocycles. The van der Waals surface area contributed by atoms with Crippen LogP contribution in [0.2, 0.25) is 0 Å². The Balaban J connectivity index is 1.62. The number of hydrogen-bond donors (Lipinski definition) is 1. The minimum atomic E-state index is 0.548. The quantitative estimate of drug-likeness (QED) is 0.367. The maximum absolute atomic E-state index is 6.68. The lowest BCUT2D eigenvalue weighted by Crippen LogP contribution is -1.98. The van der Waals surface area contributed by atoms with Gasteiger partial charge < -0.3 is 9.40 Å². The van der Waals surface area contributed by atoms with Crippen LogP contribution in [-0.2, 0) is 6.42 Å². The Kier molecular flexibility index (Phi) is 8.86. The highest BCUT2D eigenvalue weighted by Crippen LogP contribution is 2.37. The molecule has 0 bridgehead atoms. The number of aryl methyl sites for hydroxylation is 2. The Morgan fingerprint density at radius 2 is 1.58 bits per heavy atom. The van der Waals surface area contributed by atoms with Crippen LogP contribution in [-0.4, -0.2) is 9.97 Å². The Morgan fingerprint density at radius 3 is 2.24 bits per heavy atom. The van der Waals surface area contributed by atoms with Gasteiger partial charge in [0.2, 0.25) is 0 Å². The molecule has 0 atom stereocenters. The molecule has 1 aromatic carbocycles. The molecule has 0 amide bonds. The molecule has 1 N–H and O–H groups in total. The number of unbranched alkanes of at least 4 members (excludes halogenated alkanes) is 2. The molecule has 0 saturated heterocycles. The van der Waals surface area contributed by atoms with Crippen molar-refractivity contribution >= 4 is 0 Å². The van der Waals surface area contributed by atoms with Crippen molar-refractivity contribution in [1.29, 1.82) is 0 Å². The molecular weight excluding hydrogens is 404 g/mol. The van der Waals surface area contributed by atoms with Crippen molar-refractivity contribution in [2.45, 2.75) is 110 Å². The highest BCUT2D eigenvalue weighted by atomic mass is 16.3. The summed E-state index contributed by atoms with van der Waals surface area (Å²) in [6, 6.07) is 12.8. The molecule has 3 nitrogen and oxygen atoms in total. The number of H-pyrrole nitrogens is 1. The maximum Gasteiger partial charge on any atom is 0.174 e. The Morgan fingerprint density at radius 1 is 0.909 bits per heavy atom. The molecule has 2 aromatic heterocycles. The number of aromatic nitrogens is 2. The van der Waals surface area contributed by atoms with E-state index in [1.165, 1.54) is 94.8 Å². The first-order chi connectivity index (χ1) is 16.3. The third kappa shape index (κ3) is 6.40. The summed E-state index contributed by atoms with van der Waals surface area (Å²) in [5.74, 6) is 3.61. The summed E-state index contributed by atoms with van der Waals surface area (Å²) in [5.41, 5.74) is 4.61. The molecular formula is C30H42N2O. The van der Waals surface area contributed by atoms with Gasteiger partial charge in [-0.15, -0.1) is 0 Å². The molecule has 0 spiro atoms. The van der Waals surface area contributed by atoms with Gasteiger partial charge in [-0.25, -0.2) is 4.98 Å². The second kappa shape index (κ2) is 12.3. The van der Waals surface area contributed by atoms with Crippen LogP contribution in [0.5, 0.6) is 0 Å². The molecule has 33 heavy (non-hydrogen) atoms. The minimum absolute atomic E-state index is 0.548. The fraction of sp³-hybridized carbons (Fsp3) is 0.567. The summed E-state index contributed by atoms with van der Waals surface area (Å²) in [5, 5.41) is 0. The molecule has 2 heterocycles. The SMILES string of the molecule is CCCCCc1cc(C2CCCCCCCCCC2)oc1-c1nc(-c2ccccc2)c(C)[nH]1. The topological polar surface area (TPSA) is 41.8 Å². The van der Waals surface area contributed by atoms with Crippen molar-refractivity contribution in [3.63, 3.8) is 0 Å². The molecule has 0 radical (unpaired) electrons. The van der Waals surface area contributed by atoms with Crippen LogP contribution in [0.4, 0.5) is 0 Å². The standard InChI is InChI=1S/C30H42N2O/c1-3-4-12-21-26-22-27(24-17-13-9-7-5-6-8-10-14-18-24)33-29(26)30-31-23(2)28(32-30)25-19-15-11-16-20-25/h11,15-16,19-20,22,24H,3-10,12-14,17-18,21H2,1-2H3,(H,31,32). The van der Waals surface area contributed by atoms with Crippen LogP contribution in [0.1, 0.15) is 113 Å². The fourth-order valence-electron chi connectivity index (χ4n) is 5.32. The van der Waals surface area contributed by atoms with E-state index in [0.717, 1.165) is 35.0 Å². The molecule has 1 aliphatic rings. The van der Waals surface area contributed by atoms with Crippen molar-refractivity contribution in [3.8, 4) is 22.8 Å². The van der Waals surface area contributed by atoms with Gasteiger partial charge in [0.15, 0.2) is 11.6 Å². The van der Waals surface area contributed by atoms with Crippen molar-refractivity contribution in [2.75, 3.05) is 0 Å². The predicted molar refractivity (Wildman–Crippen MR) is 139 cm³/mol. The highest BCUT2D eigenvalue weighted by molar-refractivity contribution is 5.66. The first kappa shape index (κ1) is 23.9. The molecule has 178 valence electrons. The second-order valence-corrected chi connectivity index (χ2v) is 9.99. The zero-order valence-electron chi connectivity index (χ0n) is 20.8.